The maximum atomic E-state index is 11.7. The first kappa shape index (κ1) is 16.5. The lowest BCUT2D eigenvalue weighted by Crippen LogP contribution is -2.28. The summed E-state index contributed by atoms with van der Waals surface area (Å²) in [6, 6.07) is 16.7. The Morgan fingerprint density at radius 2 is 1.74 bits per heavy atom. The van der Waals surface area contributed by atoms with Crippen molar-refractivity contribution in [2.24, 2.45) is 0 Å². The van der Waals surface area contributed by atoms with E-state index in [-0.39, 0.29) is 18.9 Å². The predicted octanol–water partition coefficient (Wildman–Crippen LogP) is 2.10. The number of methoxy groups -OCH3 is 1. The summed E-state index contributed by atoms with van der Waals surface area (Å²) in [6.45, 7) is 0.128. The average Bonchev–Trinajstić information content (AvgIpc) is 2.59. The maximum absolute atomic E-state index is 11.7. The highest BCUT2D eigenvalue weighted by atomic mass is 16.5. The zero-order valence-corrected chi connectivity index (χ0v) is 13.0. The van der Waals surface area contributed by atoms with Crippen LogP contribution in [-0.4, -0.2) is 25.6 Å². The summed E-state index contributed by atoms with van der Waals surface area (Å²) in [5.74, 6) is -0.100. The Balaban J connectivity index is 1.72. The summed E-state index contributed by atoms with van der Waals surface area (Å²) in [4.78, 5) is 23.4. The fourth-order valence-corrected chi connectivity index (χ4v) is 1.99. The zero-order chi connectivity index (χ0) is 16.5. The molecule has 1 amide bonds. The Labute approximate surface area is 135 Å². The summed E-state index contributed by atoms with van der Waals surface area (Å²) >= 11 is 0. The number of benzene rings is 2. The first-order chi connectivity index (χ1) is 11.2. The van der Waals surface area contributed by atoms with Crippen LogP contribution in [0.5, 0.6) is 5.75 Å². The molecule has 0 aliphatic heterocycles. The summed E-state index contributed by atoms with van der Waals surface area (Å²) in [5, 5.41) is 2.70. The molecule has 2 aromatic carbocycles. The normalized spacial score (nSPS) is 9.96. The smallest absolute Gasteiger partial charge is 0.310 e. The molecule has 0 aliphatic carbocycles. The van der Waals surface area contributed by atoms with E-state index < -0.39 is 5.97 Å². The fraction of sp³-hybridized carbons (Fsp3) is 0.222. The summed E-state index contributed by atoms with van der Waals surface area (Å²) < 4.78 is 10.1. The first-order valence-electron chi connectivity index (χ1n) is 7.26. The molecule has 0 radical (unpaired) electrons. The Bertz CT molecular complexity index is 655. The van der Waals surface area contributed by atoms with E-state index in [9.17, 15) is 9.59 Å². The van der Waals surface area contributed by atoms with E-state index in [1.807, 2.05) is 30.3 Å². The van der Waals surface area contributed by atoms with Crippen LogP contribution in [0.4, 0.5) is 0 Å². The largest absolute Gasteiger partial charge is 0.497 e. The standard InChI is InChI=1S/C18H19NO4/c1-22-16-9-5-8-15(10-16)11-18(21)23-13-17(20)19-12-14-6-3-2-4-7-14/h2-10H,11-13H2,1H3,(H,19,20). The second kappa shape index (κ2) is 8.58. The van der Waals surface area contributed by atoms with E-state index in [2.05, 4.69) is 5.32 Å². The molecule has 2 rings (SSSR count). The molecule has 0 aliphatic rings. The molecule has 0 saturated carbocycles. The van der Waals surface area contributed by atoms with Crippen LogP contribution in [0, 0.1) is 0 Å². The Kier molecular flexibility index (Phi) is 6.17. The molecule has 0 unspecified atom stereocenters. The van der Waals surface area contributed by atoms with Gasteiger partial charge in [0, 0.05) is 6.54 Å². The van der Waals surface area contributed by atoms with E-state index in [4.69, 9.17) is 9.47 Å². The van der Waals surface area contributed by atoms with E-state index >= 15 is 0 Å². The van der Waals surface area contributed by atoms with Gasteiger partial charge in [0.25, 0.3) is 5.91 Å². The van der Waals surface area contributed by atoms with Crippen LogP contribution in [0.15, 0.2) is 54.6 Å². The van der Waals surface area contributed by atoms with Gasteiger partial charge in [-0.1, -0.05) is 42.5 Å². The monoisotopic (exact) mass is 313 g/mol. The van der Waals surface area contributed by atoms with Gasteiger partial charge in [-0.3, -0.25) is 9.59 Å². The third-order valence-electron chi connectivity index (χ3n) is 3.18. The summed E-state index contributed by atoms with van der Waals surface area (Å²) in [5.41, 5.74) is 1.77. The predicted molar refractivity (Wildman–Crippen MR) is 85.9 cm³/mol. The molecule has 2 aromatic rings. The first-order valence-corrected chi connectivity index (χ1v) is 7.26. The van der Waals surface area contributed by atoms with Gasteiger partial charge in [0.2, 0.25) is 0 Å². The Hall–Kier alpha value is -2.82. The number of amides is 1. The minimum Gasteiger partial charge on any atom is -0.497 e. The molecule has 23 heavy (non-hydrogen) atoms. The third-order valence-corrected chi connectivity index (χ3v) is 3.18. The number of esters is 1. The summed E-state index contributed by atoms with van der Waals surface area (Å²) in [7, 11) is 1.56. The van der Waals surface area contributed by atoms with E-state index in [1.54, 1.807) is 31.4 Å². The number of hydrogen-bond donors (Lipinski definition) is 1. The number of nitrogens with one attached hydrogen (secondary N) is 1. The molecule has 1 N–H and O–H groups in total. The Morgan fingerprint density at radius 1 is 1.00 bits per heavy atom. The maximum Gasteiger partial charge on any atom is 0.310 e. The van der Waals surface area contributed by atoms with Gasteiger partial charge >= 0.3 is 5.97 Å². The molecule has 0 fully saturated rings. The fourth-order valence-electron chi connectivity index (χ4n) is 1.99. The molecule has 120 valence electrons. The second-order valence-corrected chi connectivity index (χ2v) is 4.95. The number of ether oxygens (including phenoxy) is 2. The van der Waals surface area contributed by atoms with Crippen molar-refractivity contribution in [2.75, 3.05) is 13.7 Å². The highest BCUT2D eigenvalue weighted by Crippen LogP contribution is 2.13. The van der Waals surface area contributed by atoms with Gasteiger partial charge in [-0.25, -0.2) is 0 Å². The second-order valence-electron chi connectivity index (χ2n) is 4.95. The van der Waals surface area contributed by atoms with Crippen LogP contribution in [0.3, 0.4) is 0 Å². The molecular formula is C18H19NO4. The van der Waals surface area contributed by atoms with Crippen molar-refractivity contribution in [1.82, 2.24) is 5.32 Å². The lowest BCUT2D eigenvalue weighted by molar-refractivity contribution is -0.147. The topological polar surface area (TPSA) is 64.6 Å². The van der Waals surface area contributed by atoms with Gasteiger partial charge in [0.1, 0.15) is 5.75 Å². The van der Waals surface area contributed by atoms with Crippen molar-refractivity contribution >= 4 is 11.9 Å². The van der Waals surface area contributed by atoms with Crippen molar-refractivity contribution in [2.45, 2.75) is 13.0 Å². The molecule has 0 heterocycles. The zero-order valence-electron chi connectivity index (χ0n) is 13.0. The number of carbonyl (C=O) groups excluding carboxylic acids is 2. The van der Waals surface area contributed by atoms with Gasteiger partial charge in [0.05, 0.1) is 13.5 Å². The molecule has 0 atom stereocenters. The van der Waals surface area contributed by atoms with Gasteiger partial charge in [0.15, 0.2) is 6.61 Å². The van der Waals surface area contributed by atoms with Gasteiger partial charge in [-0.2, -0.15) is 0 Å². The lowest BCUT2D eigenvalue weighted by atomic mass is 10.1. The summed E-state index contributed by atoms with van der Waals surface area (Å²) in [6.07, 6.45) is 0.100. The van der Waals surface area contributed by atoms with Crippen molar-refractivity contribution in [3.05, 3.63) is 65.7 Å². The van der Waals surface area contributed by atoms with Gasteiger partial charge in [-0.15, -0.1) is 0 Å². The van der Waals surface area contributed by atoms with Crippen LogP contribution in [0.25, 0.3) is 0 Å². The lowest BCUT2D eigenvalue weighted by Gasteiger charge is -2.07. The number of carbonyl (C=O) groups is 2. The molecule has 0 saturated heterocycles. The Morgan fingerprint density at radius 3 is 2.48 bits per heavy atom. The number of hydrogen-bond acceptors (Lipinski definition) is 4. The molecule has 0 bridgehead atoms. The highest BCUT2D eigenvalue weighted by Gasteiger charge is 2.09. The van der Waals surface area contributed by atoms with Crippen molar-refractivity contribution in [3.63, 3.8) is 0 Å². The quantitative estimate of drug-likeness (QED) is 0.795. The van der Waals surface area contributed by atoms with E-state index in [0.717, 1.165) is 11.1 Å². The highest BCUT2D eigenvalue weighted by molar-refractivity contribution is 5.81. The van der Waals surface area contributed by atoms with Crippen molar-refractivity contribution in [1.29, 1.82) is 0 Å². The number of rotatable bonds is 7. The van der Waals surface area contributed by atoms with Crippen LogP contribution in [0.1, 0.15) is 11.1 Å². The SMILES string of the molecule is COc1cccc(CC(=O)OCC(=O)NCc2ccccc2)c1. The van der Waals surface area contributed by atoms with Crippen molar-refractivity contribution < 1.29 is 19.1 Å². The van der Waals surface area contributed by atoms with E-state index in [0.29, 0.717) is 12.3 Å². The third kappa shape index (κ3) is 5.82. The molecule has 0 aromatic heterocycles. The van der Waals surface area contributed by atoms with Crippen molar-refractivity contribution in [3.8, 4) is 5.75 Å². The minimum absolute atomic E-state index is 0.100. The van der Waals surface area contributed by atoms with Gasteiger partial charge in [-0.05, 0) is 23.3 Å². The molecule has 5 nitrogen and oxygen atoms in total. The minimum atomic E-state index is -0.451. The van der Waals surface area contributed by atoms with E-state index in [1.165, 1.54) is 0 Å². The van der Waals surface area contributed by atoms with Crippen LogP contribution >= 0.6 is 0 Å². The van der Waals surface area contributed by atoms with Gasteiger partial charge < -0.3 is 14.8 Å². The van der Waals surface area contributed by atoms with Crippen LogP contribution < -0.4 is 10.1 Å². The molecular weight excluding hydrogens is 294 g/mol. The molecule has 5 heteroatoms. The van der Waals surface area contributed by atoms with Crippen LogP contribution in [-0.2, 0) is 27.3 Å². The molecule has 0 spiro atoms. The van der Waals surface area contributed by atoms with Crippen LogP contribution in [0.2, 0.25) is 0 Å². The average molecular weight is 313 g/mol.